The molecule has 0 N–H and O–H groups in total. The Hall–Kier alpha value is -1.60. The molecule has 2 nitrogen and oxygen atoms in total. The van der Waals surface area contributed by atoms with Crippen molar-refractivity contribution in [2.24, 2.45) is 0 Å². The van der Waals surface area contributed by atoms with Crippen molar-refractivity contribution in [3.05, 3.63) is 53.1 Å². The van der Waals surface area contributed by atoms with E-state index in [1.807, 2.05) is 0 Å². The summed E-state index contributed by atoms with van der Waals surface area (Å²) in [4.78, 5) is -1.84. The van der Waals surface area contributed by atoms with Gasteiger partial charge in [0.1, 0.15) is 0 Å². The number of benzene rings is 2. The van der Waals surface area contributed by atoms with Crippen LogP contribution in [0.2, 0.25) is 0 Å². The summed E-state index contributed by atoms with van der Waals surface area (Å²) >= 11 is 0. The van der Waals surface area contributed by atoms with Gasteiger partial charge in [-0.3, -0.25) is 0 Å². The lowest BCUT2D eigenvalue weighted by Crippen LogP contribution is -2.08. The zero-order valence-corrected chi connectivity index (χ0v) is 12.0. The SMILES string of the molecule is Cc1ccc(-c2c(F)c(F)c(S(=O)(=O)Cl)c(F)c2F)cc1. The first-order chi connectivity index (χ1) is 9.64. The van der Waals surface area contributed by atoms with Gasteiger partial charge in [-0.05, 0) is 12.5 Å². The molecule has 0 aliphatic carbocycles. The van der Waals surface area contributed by atoms with E-state index in [1.165, 1.54) is 24.3 Å². The highest BCUT2D eigenvalue weighted by Gasteiger charge is 2.32. The molecule has 0 unspecified atom stereocenters. The van der Waals surface area contributed by atoms with Crippen LogP contribution in [0.3, 0.4) is 0 Å². The molecule has 0 radical (unpaired) electrons. The minimum Gasteiger partial charge on any atom is -0.207 e. The number of hydrogen-bond donors (Lipinski definition) is 0. The van der Waals surface area contributed by atoms with Crippen LogP contribution >= 0.6 is 10.7 Å². The van der Waals surface area contributed by atoms with Gasteiger partial charge in [0.2, 0.25) is 0 Å². The molecule has 0 heterocycles. The first-order valence-corrected chi connectivity index (χ1v) is 7.83. The van der Waals surface area contributed by atoms with Gasteiger partial charge in [0, 0.05) is 10.7 Å². The van der Waals surface area contributed by atoms with Crippen molar-refractivity contribution in [1.29, 1.82) is 0 Å². The van der Waals surface area contributed by atoms with Crippen molar-refractivity contribution in [3.63, 3.8) is 0 Å². The van der Waals surface area contributed by atoms with Crippen LogP contribution in [0.25, 0.3) is 11.1 Å². The van der Waals surface area contributed by atoms with E-state index in [0.717, 1.165) is 5.56 Å². The third kappa shape index (κ3) is 2.75. The number of halogens is 5. The molecular weight excluding hydrogens is 332 g/mol. The first-order valence-electron chi connectivity index (χ1n) is 5.52. The van der Waals surface area contributed by atoms with Gasteiger partial charge in [-0.25, -0.2) is 26.0 Å². The maximum absolute atomic E-state index is 13.9. The lowest BCUT2D eigenvalue weighted by atomic mass is 10.0. The molecule has 2 aromatic carbocycles. The van der Waals surface area contributed by atoms with Crippen molar-refractivity contribution in [1.82, 2.24) is 0 Å². The first kappa shape index (κ1) is 15.8. The zero-order valence-electron chi connectivity index (χ0n) is 10.4. The van der Waals surface area contributed by atoms with Crippen LogP contribution in [0.1, 0.15) is 5.56 Å². The number of hydrogen-bond acceptors (Lipinski definition) is 2. The van der Waals surface area contributed by atoms with E-state index in [9.17, 15) is 26.0 Å². The van der Waals surface area contributed by atoms with E-state index in [0.29, 0.717) is 0 Å². The zero-order chi connectivity index (χ0) is 15.9. The molecule has 21 heavy (non-hydrogen) atoms. The molecule has 0 bridgehead atoms. The highest BCUT2D eigenvalue weighted by Crippen LogP contribution is 2.35. The summed E-state index contributed by atoms with van der Waals surface area (Å²) < 4.78 is 77.3. The molecule has 112 valence electrons. The monoisotopic (exact) mass is 338 g/mol. The molecule has 0 aliphatic rings. The Labute approximate surface area is 122 Å². The fraction of sp³-hybridized carbons (Fsp3) is 0.0769. The van der Waals surface area contributed by atoms with E-state index in [4.69, 9.17) is 10.7 Å². The molecule has 2 rings (SSSR count). The molecule has 0 saturated carbocycles. The maximum Gasteiger partial charge on any atom is 0.267 e. The molecular formula is C13H7ClF4O2S. The van der Waals surface area contributed by atoms with Gasteiger partial charge < -0.3 is 0 Å². The average molecular weight is 339 g/mol. The summed E-state index contributed by atoms with van der Waals surface area (Å²) in [5, 5.41) is 0. The van der Waals surface area contributed by atoms with Crippen molar-refractivity contribution >= 4 is 19.7 Å². The van der Waals surface area contributed by atoms with Gasteiger partial charge in [0.25, 0.3) is 9.05 Å². The Balaban J connectivity index is 2.85. The Kier molecular flexibility index (Phi) is 3.99. The number of rotatable bonds is 2. The van der Waals surface area contributed by atoms with Gasteiger partial charge >= 0.3 is 0 Å². The smallest absolute Gasteiger partial charge is 0.207 e. The van der Waals surface area contributed by atoms with E-state index in [-0.39, 0.29) is 5.56 Å². The van der Waals surface area contributed by atoms with Crippen molar-refractivity contribution in [3.8, 4) is 11.1 Å². The van der Waals surface area contributed by atoms with Crippen LogP contribution in [0.4, 0.5) is 17.6 Å². The summed E-state index contributed by atoms with van der Waals surface area (Å²) in [6.07, 6.45) is 0. The third-order valence-electron chi connectivity index (χ3n) is 2.81. The summed E-state index contributed by atoms with van der Waals surface area (Å²) in [6, 6.07) is 5.47. The van der Waals surface area contributed by atoms with E-state index in [2.05, 4.69) is 0 Å². The van der Waals surface area contributed by atoms with Crippen LogP contribution < -0.4 is 0 Å². The lowest BCUT2D eigenvalue weighted by molar-refractivity contribution is 0.424. The normalized spacial score (nSPS) is 11.7. The summed E-state index contributed by atoms with van der Waals surface area (Å²) in [5.41, 5.74) is -0.360. The summed E-state index contributed by atoms with van der Waals surface area (Å²) in [7, 11) is -0.182. The van der Waals surface area contributed by atoms with Gasteiger partial charge in [0.15, 0.2) is 28.2 Å². The summed E-state index contributed by atoms with van der Waals surface area (Å²) in [6.45, 7) is 1.71. The Morgan fingerprint density at radius 3 is 1.67 bits per heavy atom. The quantitative estimate of drug-likeness (QED) is 0.468. The van der Waals surface area contributed by atoms with Crippen molar-refractivity contribution < 1.29 is 26.0 Å². The summed E-state index contributed by atoms with van der Waals surface area (Å²) in [5.74, 6) is -7.76. The Morgan fingerprint density at radius 2 is 1.29 bits per heavy atom. The molecule has 0 fully saturated rings. The van der Waals surface area contributed by atoms with Gasteiger partial charge in [-0.15, -0.1) is 0 Å². The highest BCUT2D eigenvalue weighted by molar-refractivity contribution is 8.13. The maximum atomic E-state index is 13.9. The van der Waals surface area contributed by atoms with Crippen LogP contribution in [0, 0.1) is 30.2 Å². The van der Waals surface area contributed by atoms with Crippen LogP contribution in [0.5, 0.6) is 0 Å². The Morgan fingerprint density at radius 1 is 0.857 bits per heavy atom. The molecule has 0 amide bonds. The standard InChI is InChI=1S/C13H7ClF4O2S/c1-6-2-4-7(5-3-6)8-9(15)11(17)13(21(14,19)20)12(18)10(8)16/h2-5H,1H3. The molecule has 2 aromatic rings. The van der Waals surface area contributed by atoms with Crippen LogP contribution in [-0.2, 0) is 9.05 Å². The van der Waals surface area contributed by atoms with Crippen LogP contribution in [0.15, 0.2) is 29.2 Å². The molecule has 8 heteroatoms. The van der Waals surface area contributed by atoms with Gasteiger partial charge in [-0.1, -0.05) is 29.8 Å². The molecule has 0 saturated heterocycles. The van der Waals surface area contributed by atoms with Crippen molar-refractivity contribution in [2.45, 2.75) is 11.8 Å². The fourth-order valence-corrected chi connectivity index (χ4v) is 2.81. The predicted octanol–water partition coefficient (Wildman–Crippen LogP) is 4.15. The fourth-order valence-electron chi connectivity index (χ4n) is 1.80. The molecule has 0 aromatic heterocycles. The van der Waals surface area contributed by atoms with Gasteiger partial charge in [0.05, 0.1) is 5.56 Å². The predicted molar refractivity (Wildman–Crippen MR) is 69.5 cm³/mol. The Bertz CT molecular complexity index is 788. The molecule has 0 aliphatic heterocycles. The highest BCUT2D eigenvalue weighted by atomic mass is 35.7. The van der Waals surface area contributed by atoms with E-state index < -0.39 is 42.8 Å². The minimum atomic E-state index is -4.97. The molecule has 0 spiro atoms. The van der Waals surface area contributed by atoms with Crippen LogP contribution in [-0.4, -0.2) is 8.42 Å². The minimum absolute atomic E-state index is 0.132. The lowest BCUT2D eigenvalue weighted by Gasteiger charge is -2.10. The van der Waals surface area contributed by atoms with E-state index in [1.54, 1.807) is 6.92 Å². The topological polar surface area (TPSA) is 34.1 Å². The van der Waals surface area contributed by atoms with E-state index >= 15 is 0 Å². The number of aryl methyl sites for hydroxylation is 1. The van der Waals surface area contributed by atoms with Crippen molar-refractivity contribution in [2.75, 3.05) is 0 Å². The second-order valence-corrected chi connectivity index (χ2v) is 6.77. The second kappa shape index (κ2) is 5.31. The largest absolute Gasteiger partial charge is 0.267 e. The van der Waals surface area contributed by atoms with Gasteiger partial charge in [-0.2, -0.15) is 0 Å². The second-order valence-electron chi connectivity index (χ2n) is 4.26. The average Bonchev–Trinajstić information content (AvgIpc) is 2.37. The third-order valence-corrected chi connectivity index (χ3v) is 4.12. The molecule has 0 atom stereocenters.